The highest BCUT2D eigenvalue weighted by molar-refractivity contribution is 6.35. The van der Waals surface area contributed by atoms with Crippen molar-refractivity contribution in [3.8, 4) is 22.6 Å². The summed E-state index contributed by atoms with van der Waals surface area (Å²) in [5.74, 6) is -4.20. The zero-order chi connectivity index (χ0) is 50.3. The summed E-state index contributed by atoms with van der Waals surface area (Å²) in [7, 11) is 1.27. The molecule has 1 aliphatic carbocycles. The number of hydrogen-bond acceptors (Lipinski definition) is 7. The maximum Gasteiger partial charge on any atom is 0.430 e. The third-order valence-electron chi connectivity index (χ3n) is 13.5. The highest BCUT2D eigenvalue weighted by Gasteiger charge is 2.73. The molecule has 2 N–H and O–H groups in total. The Bertz CT molecular complexity index is 3200. The van der Waals surface area contributed by atoms with E-state index in [2.05, 4.69) is 0 Å². The summed E-state index contributed by atoms with van der Waals surface area (Å²) < 4.78 is 142. The van der Waals surface area contributed by atoms with E-state index >= 15 is 26.3 Å². The van der Waals surface area contributed by atoms with Gasteiger partial charge in [-0.2, -0.15) is 39.5 Å². The Labute approximate surface area is 386 Å². The van der Waals surface area contributed by atoms with Gasteiger partial charge in [-0.15, -0.1) is 0 Å². The van der Waals surface area contributed by atoms with Gasteiger partial charge in [-0.25, -0.2) is 4.90 Å². The van der Waals surface area contributed by atoms with Crippen LogP contribution in [0.2, 0.25) is 0 Å². The van der Waals surface area contributed by atoms with Crippen molar-refractivity contribution in [2.75, 3.05) is 11.9 Å². The van der Waals surface area contributed by atoms with Crippen LogP contribution in [0.4, 0.5) is 45.2 Å². The lowest BCUT2D eigenvalue weighted by Gasteiger charge is -2.40. The summed E-state index contributed by atoms with van der Waals surface area (Å²) >= 11 is 0. The second kappa shape index (κ2) is 15.1. The summed E-state index contributed by atoms with van der Waals surface area (Å²) in [6.45, 7) is 4.27. The van der Waals surface area contributed by atoms with Crippen LogP contribution in [0.25, 0.3) is 11.1 Å². The van der Waals surface area contributed by atoms with Gasteiger partial charge in [0.15, 0.2) is 5.60 Å². The van der Waals surface area contributed by atoms with Gasteiger partial charge in [-0.3, -0.25) is 24.1 Å². The molecule has 354 valence electrons. The fraction of sp³-hybridized carbons (Fsp3) is 0.216. The number of aryl methyl sites for hydroxylation is 2. The molecule has 3 aliphatic rings. The first kappa shape index (κ1) is 46.8. The molecule has 1 unspecified atom stereocenters. The van der Waals surface area contributed by atoms with Gasteiger partial charge in [0.2, 0.25) is 0 Å². The van der Waals surface area contributed by atoms with Crippen LogP contribution in [0.5, 0.6) is 11.5 Å². The lowest BCUT2D eigenvalue weighted by Crippen LogP contribution is -2.55. The average Bonchev–Trinajstić information content (AvgIpc) is 3.80. The number of ether oxygens (including phenoxy) is 1. The topological polar surface area (TPSA) is 124 Å². The average molecular weight is 959 g/mol. The maximum absolute atomic E-state index is 15.4. The number of anilines is 1. The summed E-state index contributed by atoms with van der Waals surface area (Å²) in [4.78, 5) is 54.7. The molecule has 0 saturated heterocycles. The van der Waals surface area contributed by atoms with Crippen molar-refractivity contribution in [1.29, 1.82) is 0 Å². The molecule has 0 radical (unpaired) electrons. The first-order chi connectivity index (χ1) is 32.1. The largest absolute Gasteiger partial charge is 0.457 e. The normalized spacial score (nSPS) is 16.4. The third-order valence-corrected chi connectivity index (χ3v) is 13.5. The number of alkyl halides is 9. The Morgan fingerprint density at radius 3 is 1.45 bits per heavy atom. The SMILES string of the molecule is Cc1cc(C2(c3cc(C)c(N4C(=O)c5ccc(Oc6ccc7c(c6)C(=O)N(C)C7=O)cc5C4=O)c(C(O)(C(F)(F)F)C(F)(F)F)c3)c3ccccc3-c3ccccc32)cc(C(C)(O)C(F)(F)F)c1C. The Hall–Kier alpha value is -7.31. The lowest BCUT2D eigenvalue weighted by molar-refractivity contribution is -0.376. The number of aliphatic hydroxyl groups is 2. The molecule has 0 aromatic heterocycles. The van der Waals surface area contributed by atoms with Crippen LogP contribution < -0.4 is 9.64 Å². The molecule has 0 fully saturated rings. The van der Waals surface area contributed by atoms with E-state index in [9.17, 15) is 42.6 Å². The van der Waals surface area contributed by atoms with E-state index in [1.165, 1.54) is 75.5 Å². The van der Waals surface area contributed by atoms with Gasteiger partial charge in [0.1, 0.15) is 11.5 Å². The molecule has 4 amide bonds. The zero-order valence-electron chi connectivity index (χ0n) is 36.6. The van der Waals surface area contributed by atoms with Crippen molar-refractivity contribution in [3.63, 3.8) is 0 Å². The highest BCUT2D eigenvalue weighted by Crippen LogP contribution is 2.60. The molecule has 1 atom stereocenters. The van der Waals surface area contributed by atoms with Crippen molar-refractivity contribution in [1.82, 2.24) is 4.90 Å². The van der Waals surface area contributed by atoms with Crippen molar-refractivity contribution < 1.29 is 73.6 Å². The molecule has 6 aromatic rings. The van der Waals surface area contributed by atoms with Gasteiger partial charge in [-0.05, 0) is 126 Å². The number of halogens is 9. The van der Waals surface area contributed by atoms with E-state index in [0.717, 1.165) is 36.1 Å². The quantitative estimate of drug-likeness (QED) is 0.120. The van der Waals surface area contributed by atoms with Gasteiger partial charge in [0.05, 0.1) is 33.4 Å². The van der Waals surface area contributed by atoms with E-state index < -0.39 is 97.8 Å². The van der Waals surface area contributed by atoms with E-state index in [-0.39, 0.29) is 55.3 Å². The standard InChI is InChI=1S/C51H35F9N2O7/c1-24-18-27(20-39(26(24)3)46(4,67)49(52,53)54)47(37-12-8-6-10-31(37)32-11-7-9-13-38(32)47)28-19-25(2)41(40(21-28)48(68,50(55,56)57)51(58,59)60)62-44(65)34-17-15-30(23-36(34)45(62)66)69-29-14-16-33-35(22-29)43(64)61(5)42(33)63/h6-23,67-68H,1-5H3. The minimum absolute atomic E-state index is 0.00986. The van der Waals surface area contributed by atoms with E-state index in [1.807, 2.05) is 0 Å². The second-order valence-corrected chi connectivity index (χ2v) is 17.4. The van der Waals surface area contributed by atoms with Gasteiger partial charge in [-0.1, -0.05) is 66.7 Å². The number of hydrogen-bond donors (Lipinski definition) is 2. The monoisotopic (exact) mass is 958 g/mol. The van der Waals surface area contributed by atoms with Gasteiger partial charge in [0.25, 0.3) is 29.2 Å². The Morgan fingerprint density at radius 2 is 0.942 bits per heavy atom. The van der Waals surface area contributed by atoms with E-state index in [4.69, 9.17) is 4.74 Å². The van der Waals surface area contributed by atoms with Gasteiger partial charge >= 0.3 is 18.5 Å². The van der Waals surface area contributed by atoms with Crippen molar-refractivity contribution in [2.24, 2.45) is 0 Å². The van der Waals surface area contributed by atoms with Crippen LogP contribution in [0.3, 0.4) is 0 Å². The molecule has 18 heteroatoms. The zero-order valence-corrected chi connectivity index (χ0v) is 36.6. The van der Waals surface area contributed by atoms with Gasteiger partial charge < -0.3 is 14.9 Å². The highest BCUT2D eigenvalue weighted by atomic mass is 19.4. The minimum atomic E-state index is -6.60. The predicted octanol–water partition coefficient (Wildman–Crippen LogP) is 10.9. The number of fused-ring (bicyclic) bond motifs is 5. The van der Waals surface area contributed by atoms with Gasteiger partial charge in [0, 0.05) is 12.6 Å². The molecule has 2 aliphatic heterocycles. The van der Waals surface area contributed by atoms with Crippen LogP contribution in [-0.4, -0.2) is 64.3 Å². The summed E-state index contributed by atoms with van der Waals surface area (Å²) in [5, 5.41) is 22.6. The summed E-state index contributed by atoms with van der Waals surface area (Å²) in [5.41, 5.74) is -16.2. The van der Waals surface area contributed by atoms with Crippen LogP contribution in [0.15, 0.2) is 109 Å². The molecule has 69 heavy (non-hydrogen) atoms. The van der Waals surface area contributed by atoms with E-state index in [1.54, 1.807) is 24.3 Å². The second-order valence-electron chi connectivity index (χ2n) is 17.4. The van der Waals surface area contributed by atoms with Crippen LogP contribution >= 0.6 is 0 Å². The molecule has 0 bridgehead atoms. The van der Waals surface area contributed by atoms with Crippen LogP contribution in [-0.2, 0) is 16.6 Å². The first-order valence-electron chi connectivity index (χ1n) is 20.9. The summed E-state index contributed by atoms with van der Waals surface area (Å²) in [6.07, 6.45) is -18.5. The molecular formula is C51H35F9N2O7. The Morgan fingerprint density at radius 1 is 0.507 bits per heavy atom. The summed E-state index contributed by atoms with van der Waals surface area (Å²) in [6, 6.07) is 23.4. The van der Waals surface area contributed by atoms with Crippen molar-refractivity contribution in [2.45, 2.75) is 62.8 Å². The number of imide groups is 2. The number of carbonyl (C=O) groups excluding carboxylic acids is 4. The molecule has 0 spiro atoms. The number of benzene rings is 6. The molecule has 0 saturated carbocycles. The molecule has 9 rings (SSSR count). The van der Waals surface area contributed by atoms with Crippen molar-refractivity contribution >= 4 is 29.3 Å². The molecule has 6 aromatic carbocycles. The fourth-order valence-corrected chi connectivity index (χ4v) is 9.82. The van der Waals surface area contributed by atoms with Crippen LogP contribution in [0.1, 0.15) is 98.4 Å². The first-order valence-corrected chi connectivity index (χ1v) is 20.9. The fourth-order valence-electron chi connectivity index (χ4n) is 9.82. The van der Waals surface area contributed by atoms with E-state index in [0.29, 0.717) is 24.1 Å². The molecular weight excluding hydrogens is 924 g/mol. The third kappa shape index (κ3) is 6.47. The molecule has 9 nitrogen and oxygen atoms in total. The number of amides is 4. The predicted molar refractivity (Wildman–Crippen MR) is 230 cm³/mol. The molecule has 2 heterocycles. The lowest BCUT2D eigenvalue weighted by atomic mass is 9.65. The minimum Gasteiger partial charge on any atom is -0.457 e. The van der Waals surface area contributed by atoms with Crippen molar-refractivity contribution in [3.05, 3.63) is 182 Å². The number of rotatable bonds is 7. The number of nitrogens with zero attached hydrogens (tertiary/aromatic N) is 2. The number of carbonyl (C=O) groups is 4. The maximum atomic E-state index is 15.4. The Balaban J connectivity index is 1.30. The smallest absolute Gasteiger partial charge is 0.430 e. The Kier molecular flexibility index (Phi) is 10.2. The van der Waals surface area contributed by atoms with Crippen LogP contribution in [0, 0.1) is 20.8 Å².